The Balaban J connectivity index is 0.00000207. The van der Waals surface area contributed by atoms with E-state index in [0.717, 1.165) is 50.5 Å². The number of aryl methyl sites for hydroxylation is 2. The third-order valence-electron chi connectivity index (χ3n) is 12.9. The number of fused-ring (bicyclic) bond motifs is 11. The molecular weight excluding hydrogens is 731 g/mol. The lowest BCUT2D eigenvalue weighted by atomic mass is 9.80. The summed E-state index contributed by atoms with van der Waals surface area (Å²) in [6, 6.07) is 35.3. The summed E-state index contributed by atoms with van der Waals surface area (Å²) in [5, 5.41) is 4.09. The molecule has 2 heteroatoms. The van der Waals surface area contributed by atoms with Gasteiger partial charge >= 0.3 is 0 Å². The zero-order valence-electron chi connectivity index (χ0n) is 35.0. The second-order valence-electron chi connectivity index (χ2n) is 16.7. The smallest absolute Gasteiger partial charge is 0.0541 e. The van der Waals surface area contributed by atoms with Gasteiger partial charge in [-0.25, -0.2) is 0 Å². The van der Waals surface area contributed by atoms with Gasteiger partial charge in [0, 0.05) is 48.8 Å². The Morgan fingerprint density at radius 2 is 1.63 bits per heavy atom. The van der Waals surface area contributed by atoms with Crippen LogP contribution in [0.4, 0.5) is 0 Å². The normalized spacial score (nSPS) is 17.2. The number of hydrogen-bond acceptors (Lipinski definition) is 1. The molecule has 0 spiro atoms. The number of benzene rings is 5. The third-order valence-corrected chi connectivity index (χ3v) is 14.1. The van der Waals surface area contributed by atoms with E-state index in [1.54, 1.807) is 4.88 Å². The summed E-state index contributed by atoms with van der Waals surface area (Å²) in [6.07, 6.45) is 23.3. The Labute approximate surface area is 353 Å². The predicted octanol–water partition coefficient (Wildman–Crippen LogP) is 15.5. The Bertz CT molecular complexity index is 3080. The van der Waals surface area contributed by atoms with E-state index in [-0.39, 0.29) is 5.41 Å². The van der Waals surface area contributed by atoms with Crippen molar-refractivity contribution in [3.63, 3.8) is 0 Å². The number of nitrogens with zero attached hydrogens (tertiary/aromatic N) is 1. The summed E-state index contributed by atoms with van der Waals surface area (Å²) in [5.74, 6) is 6.71. The van der Waals surface area contributed by atoms with Crippen molar-refractivity contribution in [1.82, 2.24) is 4.57 Å². The largest absolute Gasteiger partial charge is 0.309 e. The van der Waals surface area contributed by atoms with Gasteiger partial charge in [-0.15, -0.1) is 11.3 Å². The van der Waals surface area contributed by atoms with Crippen LogP contribution in [0, 0.1) is 11.8 Å². The van der Waals surface area contributed by atoms with Gasteiger partial charge in [-0.2, -0.15) is 0 Å². The van der Waals surface area contributed by atoms with Crippen LogP contribution in [0.3, 0.4) is 0 Å². The molecule has 0 amide bonds. The molecule has 0 N–H and O–H groups in total. The van der Waals surface area contributed by atoms with Crippen LogP contribution in [0.25, 0.3) is 66.4 Å². The fraction of sp³-hybridized carbons (Fsp3) is 0.228. The van der Waals surface area contributed by atoms with Crippen molar-refractivity contribution in [2.24, 2.45) is 0 Å². The second kappa shape index (κ2) is 15.1. The van der Waals surface area contributed by atoms with Crippen molar-refractivity contribution >= 4 is 61.0 Å². The maximum Gasteiger partial charge on any atom is 0.0541 e. The standard InChI is InChI=1S/C55H45NS.C2H6/c1-4-12-36-13-6-5-7-14-37(36)21-19-35-20-28-49-46(31-35)47-33-41(40-23-22-38-15-8-9-16-39(38)32-40)24-29-50(47)56(49)42-25-26-43-44-27-30-52-53(45-17-10-11-18-51(45)57-52)54(44)55(2,3)48(43)34-42;1-2/h7-10,12,14-17,20-21,24-34H,4-5,11,18-19,22-23H2,1-3H3;1-2H3/b36-12-,37-21-;. The SMILES string of the molecule is CC.CC/C=C1/C#CCC=C/C1=C/Cc1ccc2c(c1)c1cc(C3=Cc4ccccc4CC3)ccc1n2-c1ccc2c(c1)C(C)(C)c1c-2ccc2sc3c(c12)C=CCC3. The Kier molecular flexibility index (Phi) is 9.54. The molecular formula is C57H51NS. The molecule has 2 heterocycles. The average molecular weight is 782 g/mol. The summed E-state index contributed by atoms with van der Waals surface area (Å²) in [5.41, 5.74) is 20.0. The maximum absolute atomic E-state index is 3.41. The van der Waals surface area contributed by atoms with Gasteiger partial charge in [-0.05, 0) is 142 Å². The van der Waals surface area contributed by atoms with Crippen LogP contribution in [0.2, 0.25) is 0 Å². The summed E-state index contributed by atoms with van der Waals surface area (Å²) in [7, 11) is 0. The van der Waals surface area contributed by atoms with Crippen LogP contribution >= 0.6 is 11.3 Å². The second-order valence-corrected chi connectivity index (χ2v) is 17.8. The van der Waals surface area contributed by atoms with Crippen LogP contribution in [0.15, 0.2) is 133 Å². The molecule has 0 aliphatic heterocycles. The first-order valence-electron chi connectivity index (χ1n) is 21.8. The number of aromatic nitrogens is 1. The van der Waals surface area contributed by atoms with E-state index >= 15 is 0 Å². The summed E-state index contributed by atoms with van der Waals surface area (Å²) >= 11 is 2.00. The molecule has 59 heavy (non-hydrogen) atoms. The van der Waals surface area contributed by atoms with Gasteiger partial charge in [0.05, 0.1) is 11.0 Å². The van der Waals surface area contributed by atoms with Crippen molar-refractivity contribution in [3.8, 4) is 28.7 Å². The molecule has 11 rings (SSSR count). The van der Waals surface area contributed by atoms with E-state index in [4.69, 9.17) is 0 Å². The van der Waals surface area contributed by atoms with Crippen LogP contribution in [-0.4, -0.2) is 4.57 Å². The Hall–Kier alpha value is -5.88. The van der Waals surface area contributed by atoms with E-state index in [1.165, 1.54) is 98.8 Å². The number of rotatable bonds is 5. The molecule has 1 nitrogen and oxygen atoms in total. The minimum absolute atomic E-state index is 0.126. The quantitative estimate of drug-likeness (QED) is 0.153. The van der Waals surface area contributed by atoms with Crippen molar-refractivity contribution < 1.29 is 0 Å². The Morgan fingerprint density at radius 3 is 2.51 bits per heavy atom. The van der Waals surface area contributed by atoms with Crippen molar-refractivity contribution in [2.45, 2.75) is 85.0 Å². The lowest BCUT2D eigenvalue weighted by Crippen LogP contribution is -2.16. The van der Waals surface area contributed by atoms with Crippen molar-refractivity contribution in [3.05, 3.63) is 176 Å². The zero-order valence-corrected chi connectivity index (χ0v) is 35.8. The van der Waals surface area contributed by atoms with E-state index in [2.05, 4.69) is 171 Å². The van der Waals surface area contributed by atoms with E-state index in [1.807, 2.05) is 25.2 Å². The van der Waals surface area contributed by atoms with Crippen LogP contribution < -0.4 is 0 Å². The molecule has 5 aromatic carbocycles. The van der Waals surface area contributed by atoms with Gasteiger partial charge in [-0.3, -0.25) is 0 Å². The van der Waals surface area contributed by atoms with Gasteiger partial charge in [0.25, 0.3) is 0 Å². The third kappa shape index (κ3) is 6.22. The first kappa shape index (κ1) is 37.4. The van der Waals surface area contributed by atoms with Crippen molar-refractivity contribution in [1.29, 1.82) is 0 Å². The molecule has 0 atom stereocenters. The van der Waals surface area contributed by atoms with Gasteiger partial charge in [0.1, 0.15) is 0 Å². The molecule has 4 aliphatic rings. The highest BCUT2D eigenvalue weighted by Gasteiger charge is 2.38. The summed E-state index contributed by atoms with van der Waals surface area (Å²) in [4.78, 5) is 1.54. The van der Waals surface area contributed by atoms with E-state index in [9.17, 15) is 0 Å². The minimum atomic E-state index is -0.126. The van der Waals surface area contributed by atoms with Gasteiger partial charge < -0.3 is 4.57 Å². The average Bonchev–Trinajstić information content (AvgIpc) is 3.81. The highest BCUT2D eigenvalue weighted by atomic mass is 32.1. The molecule has 2 aromatic heterocycles. The molecule has 0 saturated heterocycles. The molecule has 7 aromatic rings. The summed E-state index contributed by atoms with van der Waals surface area (Å²) in [6.45, 7) is 11.1. The molecule has 0 fully saturated rings. The van der Waals surface area contributed by atoms with Crippen molar-refractivity contribution in [2.75, 3.05) is 0 Å². The highest BCUT2D eigenvalue weighted by Crippen LogP contribution is 2.54. The predicted molar refractivity (Wildman–Crippen MR) is 257 cm³/mol. The number of thiophene rings is 1. The first-order valence-corrected chi connectivity index (χ1v) is 22.6. The van der Waals surface area contributed by atoms with Gasteiger partial charge in [-0.1, -0.05) is 138 Å². The lowest BCUT2D eigenvalue weighted by molar-refractivity contribution is 0.665. The molecule has 0 unspecified atom stereocenters. The monoisotopic (exact) mass is 781 g/mol. The highest BCUT2D eigenvalue weighted by molar-refractivity contribution is 7.19. The minimum Gasteiger partial charge on any atom is -0.309 e. The van der Waals surface area contributed by atoms with Crippen LogP contribution in [0.1, 0.15) is 104 Å². The van der Waals surface area contributed by atoms with E-state index in [0.29, 0.717) is 0 Å². The number of allylic oxidation sites excluding steroid dienone is 8. The molecule has 4 aliphatic carbocycles. The zero-order chi connectivity index (χ0) is 40.3. The molecule has 290 valence electrons. The van der Waals surface area contributed by atoms with Crippen LogP contribution in [-0.2, 0) is 24.7 Å². The fourth-order valence-corrected chi connectivity index (χ4v) is 11.4. The topological polar surface area (TPSA) is 4.93 Å². The van der Waals surface area contributed by atoms with E-state index < -0.39 is 0 Å². The Morgan fingerprint density at radius 1 is 0.797 bits per heavy atom. The van der Waals surface area contributed by atoms with Gasteiger partial charge in [0.15, 0.2) is 0 Å². The molecule has 0 radical (unpaired) electrons. The van der Waals surface area contributed by atoms with Gasteiger partial charge in [0.2, 0.25) is 0 Å². The number of hydrogen-bond donors (Lipinski definition) is 0. The van der Waals surface area contributed by atoms with Crippen LogP contribution in [0.5, 0.6) is 0 Å². The lowest BCUT2D eigenvalue weighted by Gasteiger charge is -2.24. The summed E-state index contributed by atoms with van der Waals surface area (Å²) < 4.78 is 3.95. The maximum atomic E-state index is 3.41. The fourth-order valence-electron chi connectivity index (χ4n) is 10.1. The molecule has 0 saturated carbocycles. The molecule has 0 bridgehead atoms. The first-order chi connectivity index (χ1) is 29.0.